The smallest absolute Gasteiger partial charge is 0.266 e. The van der Waals surface area contributed by atoms with Crippen molar-refractivity contribution in [1.82, 2.24) is 14.5 Å². The van der Waals surface area contributed by atoms with Crippen LogP contribution in [0, 0.1) is 12.4 Å². The van der Waals surface area contributed by atoms with Crippen molar-refractivity contribution in [3.63, 3.8) is 0 Å². The Morgan fingerprint density at radius 2 is 2.11 bits per heavy atom. The van der Waals surface area contributed by atoms with Crippen LogP contribution in [-0.4, -0.2) is 39.6 Å². The summed E-state index contributed by atoms with van der Waals surface area (Å²) in [6.07, 6.45) is 1.10. The van der Waals surface area contributed by atoms with Crippen molar-refractivity contribution in [3.8, 4) is 0 Å². The Labute approximate surface area is 159 Å². The molecule has 3 aromatic rings. The maximum Gasteiger partial charge on any atom is 0.266 e. The highest BCUT2D eigenvalue weighted by Gasteiger charge is 2.42. The highest BCUT2D eigenvalue weighted by molar-refractivity contribution is 5.79. The van der Waals surface area contributed by atoms with Crippen molar-refractivity contribution in [2.45, 2.75) is 24.9 Å². The monoisotopic (exact) mass is 386 g/mol. The SMILES string of the molecule is [C-]#[N+]c1ccc(Cn2c(N3CCC(F)(F)[C@H](N)C3)nc3cc(F)ccc32)nc1. The van der Waals surface area contributed by atoms with E-state index in [1.54, 1.807) is 23.1 Å². The molecule has 2 aromatic heterocycles. The molecule has 6 nitrogen and oxygen atoms in total. The minimum Gasteiger partial charge on any atom is -0.340 e. The number of imidazole rings is 1. The van der Waals surface area contributed by atoms with Gasteiger partial charge in [0.2, 0.25) is 11.6 Å². The van der Waals surface area contributed by atoms with Crippen molar-refractivity contribution in [2.75, 3.05) is 18.0 Å². The lowest BCUT2D eigenvalue weighted by Gasteiger charge is -2.37. The van der Waals surface area contributed by atoms with E-state index in [2.05, 4.69) is 14.8 Å². The van der Waals surface area contributed by atoms with Crippen molar-refractivity contribution in [2.24, 2.45) is 5.73 Å². The van der Waals surface area contributed by atoms with Crippen LogP contribution in [0.1, 0.15) is 12.1 Å². The molecule has 144 valence electrons. The fourth-order valence-corrected chi connectivity index (χ4v) is 3.34. The summed E-state index contributed by atoms with van der Waals surface area (Å²) in [5.41, 5.74) is 7.85. The van der Waals surface area contributed by atoms with Crippen LogP contribution >= 0.6 is 0 Å². The predicted octanol–water partition coefficient (Wildman–Crippen LogP) is 3.34. The van der Waals surface area contributed by atoms with Crippen LogP contribution in [0.15, 0.2) is 36.5 Å². The first-order valence-electron chi connectivity index (χ1n) is 8.74. The first kappa shape index (κ1) is 18.3. The summed E-state index contributed by atoms with van der Waals surface area (Å²) in [6, 6.07) is 6.32. The molecule has 1 aromatic carbocycles. The molecule has 3 heterocycles. The van der Waals surface area contributed by atoms with E-state index >= 15 is 0 Å². The second kappa shape index (κ2) is 6.80. The second-order valence-electron chi connectivity index (χ2n) is 6.81. The van der Waals surface area contributed by atoms with Gasteiger partial charge in [-0.3, -0.25) is 4.98 Å². The topological polar surface area (TPSA) is 64.3 Å². The van der Waals surface area contributed by atoms with Crippen molar-refractivity contribution in [3.05, 3.63) is 59.5 Å². The number of hydrogen-bond acceptors (Lipinski definition) is 4. The summed E-state index contributed by atoms with van der Waals surface area (Å²) < 4.78 is 43.1. The van der Waals surface area contributed by atoms with Crippen LogP contribution in [0.3, 0.4) is 0 Å². The Morgan fingerprint density at radius 3 is 2.79 bits per heavy atom. The highest BCUT2D eigenvalue weighted by Crippen LogP contribution is 2.32. The average molecular weight is 386 g/mol. The van der Waals surface area contributed by atoms with E-state index in [9.17, 15) is 13.2 Å². The van der Waals surface area contributed by atoms with Gasteiger partial charge in [-0.05, 0) is 18.2 Å². The molecule has 0 radical (unpaired) electrons. The fourth-order valence-electron chi connectivity index (χ4n) is 3.34. The van der Waals surface area contributed by atoms with E-state index in [-0.39, 0.29) is 19.5 Å². The minimum absolute atomic E-state index is 0.0527. The Bertz CT molecular complexity index is 1050. The van der Waals surface area contributed by atoms with E-state index < -0.39 is 17.8 Å². The summed E-state index contributed by atoms with van der Waals surface area (Å²) in [7, 11) is 0. The van der Waals surface area contributed by atoms with Gasteiger partial charge in [0, 0.05) is 31.8 Å². The van der Waals surface area contributed by atoms with Crippen LogP contribution in [0.25, 0.3) is 15.9 Å². The number of aromatic nitrogens is 3. The van der Waals surface area contributed by atoms with Gasteiger partial charge in [-0.25, -0.2) is 23.0 Å². The number of alkyl halides is 2. The number of rotatable bonds is 3. The van der Waals surface area contributed by atoms with Gasteiger partial charge < -0.3 is 15.2 Å². The maximum absolute atomic E-state index is 13.8. The van der Waals surface area contributed by atoms with Crippen LogP contribution in [0.5, 0.6) is 0 Å². The molecule has 0 aliphatic carbocycles. The van der Waals surface area contributed by atoms with Gasteiger partial charge in [0.25, 0.3) is 5.92 Å². The predicted molar refractivity (Wildman–Crippen MR) is 99.0 cm³/mol. The lowest BCUT2D eigenvalue weighted by Crippen LogP contribution is -2.55. The molecule has 28 heavy (non-hydrogen) atoms. The van der Waals surface area contributed by atoms with Crippen LogP contribution in [-0.2, 0) is 6.54 Å². The van der Waals surface area contributed by atoms with Gasteiger partial charge in [0.15, 0.2) is 0 Å². The van der Waals surface area contributed by atoms with Crippen molar-refractivity contribution in [1.29, 1.82) is 0 Å². The number of halogens is 3. The van der Waals surface area contributed by atoms with Crippen LogP contribution < -0.4 is 10.6 Å². The molecule has 0 amide bonds. The molecular weight excluding hydrogens is 369 g/mol. The molecule has 0 bridgehead atoms. The normalized spacial score (nSPS) is 19.0. The van der Waals surface area contributed by atoms with Gasteiger partial charge in [-0.15, -0.1) is 0 Å². The zero-order chi connectivity index (χ0) is 19.9. The molecule has 0 saturated carbocycles. The number of piperidine rings is 1. The Hall–Kier alpha value is -3.12. The molecule has 1 saturated heterocycles. The summed E-state index contributed by atoms with van der Waals surface area (Å²) in [5, 5.41) is 0. The second-order valence-corrected chi connectivity index (χ2v) is 6.81. The number of hydrogen-bond donors (Lipinski definition) is 1. The molecule has 1 atom stereocenters. The Balaban J connectivity index is 1.75. The number of pyridine rings is 1. The van der Waals surface area contributed by atoms with E-state index in [1.807, 2.05) is 4.57 Å². The average Bonchev–Trinajstić information content (AvgIpc) is 3.02. The number of fused-ring (bicyclic) bond motifs is 1. The quantitative estimate of drug-likeness (QED) is 0.702. The third-order valence-corrected chi connectivity index (χ3v) is 4.91. The standard InChI is InChI=1S/C19H17F3N6/c1-24-13-3-4-14(25-9-13)10-28-16-5-2-12(20)8-15(16)26-18(28)27-7-6-19(21,22)17(23)11-27/h2-5,8-9,17H,6-7,10-11,23H2/t17-/m1/s1. The summed E-state index contributed by atoms with van der Waals surface area (Å²) in [4.78, 5) is 13.8. The number of benzene rings is 1. The first-order valence-corrected chi connectivity index (χ1v) is 8.74. The summed E-state index contributed by atoms with van der Waals surface area (Å²) in [6.45, 7) is 7.36. The molecule has 2 N–H and O–H groups in total. The molecule has 0 unspecified atom stereocenters. The number of nitrogens with two attached hydrogens (primary N) is 1. The van der Waals surface area contributed by atoms with E-state index in [0.29, 0.717) is 34.9 Å². The molecule has 1 fully saturated rings. The Morgan fingerprint density at radius 1 is 1.29 bits per heavy atom. The van der Waals surface area contributed by atoms with Crippen molar-refractivity contribution >= 4 is 22.7 Å². The largest absolute Gasteiger partial charge is 0.340 e. The van der Waals surface area contributed by atoms with Gasteiger partial charge in [-0.2, -0.15) is 0 Å². The van der Waals surface area contributed by atoms with E-state index in [1.165, 1.54) is 18.3 Å². The molecule has 4 rings (SSSR count). The number of anilines is 1. The van der Waals surface area contributed by atoms with Crippen molar-refractivity contribution < 1.29 is 13.2 Å². The molecule has 9 heteroatoms. The minimum atomic E-state index is -2.92. The van der Waals surface area contributed by atoms with Crippen LogP contribution in [0.4, 0.5) is 24.8 Å². The van der Waals surface area contributed by atoms with Crippen LogP contribution in [0.2, 0.25) is 0 Å². The van der Waals surface area contributed by atoms with Gasteiger partial charge in [-0.1, -0.05) is 6.07 Å². The number of nitrogens with zero attached hydrogens (tertiary/aromatic N) is 5. The van der Waals surface area contributed by atoms with E-state index in [4.69, 9.17) is 12.3 Å². The molecule has 1 aliphatic heterocycles. The van der Waals surface area contributed by atoms with Gasteiger partial charge >= 0.3 is 0 Å². The zero-order valence-corrected chi connectivity index (χ0v) is 14.8. The third kappa shape index (κ3) is 3.27. The first-order chi connectivity index (χ1) is 13.4. The molecule has 1 aliphatic rings. The lowest BCUT2D eigenvalue weighted by molar-refractivity contribution is -0.0395. The molecule has 0 spiro atoms. The van der Waals surface area contributed by atoms with Gasteiger partial charge in [0.1, 0.15) is 5.82 Å². The molecular formula is C19H17F3N6. The van der Waals surface area contributed by atoms with E-state index in [0.717, 1.165) is 0 Å². The third-order valence-electron chi connectivity index (χ3n) is 4.91. The summed E-state index contributed by atoms with van der Waals surface area (Å²) in [5.74, 6) is -2.90. The zero-order valence-electron chi connectivity index (χ0n) is 14.8. The fraction of sp³-hybridized carbons (Fsp3) is 0.316. The van der Waals surface area contributed by atoms with Gasteiger partial charge in [0.05, 0.1) is 35.9 Å². The summed E-state index contributed by atoms with van der Waals surface area (Å²) >= 11 is 0. The maximum atomic E-state index is 13.8. The highest BCUT2D eigenvalue weighted by atomic mass is 19.3. The Kier molecular flexibility index (Phi) is 4.43. The lowest BCUT2D eigenvalue weighted by atomic mass is 10.0.